The Morgan fingerprint density at radius 2 is 1.83 bits per heavy atom. The average molecular weight is 333 g/mol. The molecule has 1 aromatic carbocycles. The van der Waals surface area contributed by atoms with Crippen LogP contribution in [0.1, 0.15) is 30.5 Å². The van der Waals surface area contributed by atoms with Gasteiger partial charge in [-0.1, -0.05) is 6.92 Å². The number of piperidine rings is 1. The number of hydrogen-bond acceptors (Lipinski definition) is 5. The van der Waals surface area contributed by atoms with Crippen LogP contribution in [0, 0.1) is 11.8 Å². The van der Waals surface area contributed by atoms with Crippen molar-refractivity contribution in [3.8, 4) is 11.5 Å². The number of hydrogen-bond donors (Lipinski definition) is 0. The highest BCUT2D eigenvalue weighted by atomic mass is 16.5. The lowest BCUT2D eigenvalue weighted by molar-refractivity contribution is -0.159. The van der Waals surface area contributed by atoms with Crippen LogP contribution in [0.2, 0.25) is 0 Å². The maximum Gasteiger partial charge on any atom is 0.311 e. The highest BCUT2D eigenvalue weighted by Crippen LogP contribution is 2.46. The number of carbonyl (C=O) groups excluding carboxylic acids is 2. The number of ether oxygens (including phenoxy) is 3. The van der Waals surface area contributed by atoms with Crippen LogP contribution >= 0.6 is 0 Å². The number of carbonyl (C=O) groups is 2. The number of amides is 1. The molecule has 2 aliphatic rings. The second-order valence-electron chi connectivity index (χ2n) is 6.42. The molecular weight excluding hydrogens is 310 g/mol. The Bertz CT molecular complexity index is 672. The van der Waals surface area contributed by atoms with Crippen molar-refractivity contribution in [1.29, 1.82) is 0 Å². The zero-order valence-electron chi connectivity index (χ0n) is 14.5. The van der Waals surface area contributed by atoms with Crippen LogP contribution in [0.4, 0.5) is 0 Å². The van der Waals surface area contributed by atoms with Crippen molar-refractivity contribution in [1.82, 2.24) is 4.90 Å². The van der Waals surface area contributed by atoms with Crippen molar-refractivity contribution in [2.45, 2.75) is 25.8 Å². The number of rotatable bonds is 3. The number of esters is 1. The quantitative estimate of drug-likeness (QED) is 0.791. The second-order valence-corrected chi connectivity index (χ2v) is 6.42. The van der Waals surface area contributed by atoms with Gasteiger partial charge in [0.1, 0.15) is 0 Å². The molecule has 1 amide bonds. The van der Waals surface area contributed by atoms with Crippen molar-refractivity contribution < 1.29 is 23.8 Å². The maximum atomic E-state index is 12.5. The topological polar surface area (TPSA) is 65.1 Å². The molecule has 0 aliphatic carbocycles. The SMILES string of the molecule is COC(=O)[C@H]1[C@@H](C)CC(=O)N2CCc3cc(OC)c(OC)cc3[C@@H]12. The largest absolute Gasteiger partial charge is 0.493 e. The standard InChI is InChI=1S/C18H23NO5/c1-10-7-15(20)19-6-5-11-8-13(22-2)14(23-3)9-12(11)17(19)16(10)18(21)24-4/h8-10,16-17H,5-7H2,1-4H3/t10-,16-,17-/m0/s1. The van der Waals surface area contributed by atoms with E-state index in [9.17, 15) is 9.59 Å². The summed E-state index contributed by atoms with van der Waals surface area (Å²) in [6.45, 7) is 2.54. The van der Waals surface area contributed by atoms with Crippen molar-refractivity contribution >= 4 is 11.9 Å². The Morgan fingerprint density at radius 3 is 2.46 bits per heavy atom. The van der Waals surface area contributed by atoms with Gasteiger partial charge in [-0.05, 0) is 35.6 Å². The van der Waals surface area contributed by atoms with Gasteiger partial charge in [-0.15, -0.1) is 0 Å². The third kappa shape index (κ3) is 2.50. The minimum atomic E-state index is -0.371. The number of nitrogens with zero attached hydrogens (tertiary/aromatic N) is 1. The average Bonchev–Trinajstić information content (AvgIpc) is 2.59. The van der Waals surface area contributed by atoms with E-state index in [1.807, 2.05) is 24.0 Å². The predicted octanol–water partition coefficient (Wildman–Crippen LogP) is 1.96. The Morgan fingerprint density at radius 1 is 1.17 bits per heavy atom. The van der Waals surface area contributed by atoms with Gasteiger partial charge in [-0.2, -0.15) is 0 Å². The van der Waals surface area contributed by atoms with E-state index in [-0.39, 0.29) is 29.8 Å². The summed E-state index contributed by atoms with van der Waals surface area (Å²) in [4.78, 5) is 26.7. The summed E-state index contributed by atoms with van der Waals surface area (Å²) in [5.74, 6) is 0.651. The van der Waals surface area contributed by atoms with Gasteiger partial charge in [-0.3, -0.25) is 9.59 Å². The maximum absolute atomic E-state index is 12.5. The van der Waals surface area contributed by atoms with Crippen LogP contribution in [0.5, 0.6) is 11.5 Å². The molecule has 2 aliphatic heterocycles. The Hall–Kier alpha value is -2.24. The van der Waals surface area contributed by atoms with E-state index in [1.54, 1.807) is 14.2 Å². The highest BCUT2D eigenvalue weighted by Gasteiger charge is 2.47. The lowest BCUT2D eigenvalue weighted by atomic mass is 9.74. The van der Waals surface area contributed by atoms with Gasteiger partial charge in [0.25, 0.3) is 0 Å². The van der Waals surface area contributed by atoms with Gasteiger partial charge in [0.2, 0.25) is 5.91 Å². The fraction of sp³-hybridized carbons (Fsp3) is 0.556. The smallest absolute Gasteiger partial charge is 0.311 e. The molecule has 130 valence electrons. The Kier molecular flexibility index (Phi) is 4.39. The fourth-order valence-electron chi connectivity index (χ4n) is 3.97. The predicted molar refractivity (Wildman–Crippen MR) is 87.0 cm³/mol. The molecule has 0 radical (unpaired) electrons. The first-order chi connectivity index (χ1) is 11.5. The zero-order chi connectivity index (χ0) is 17.4. The molecular formula is C18H23NO5. The molecule has 6 nitrogen and oxygen atoms in total. The Balaban J connectivity index is 2.13. The Labute approximate surface area is 141 Å². The van der Waals surface area contributed by atoms with Crippen molar-refractivity contribution in [2.24, 2.45) is 11.8 Å². The van der Waals surface area contributed by atoms with E-state index in [2.05, 4.69) is 0 Å². The third-order valence-electron chi connectivity index (χ3n) is 5.17. The van der Waals surface area contributed by atoms with Crippen LogP contribution in [-0.2, 0) is 20.7 Å². The summed E-state index contributed by atoms with van der Waals surface area (Å²) >= 11 is 0. The molecule has 3 rings (SSSR count). The summed E-state index contributed by atoms with van der Waals surface area (Å²) in [7, 11) is 4.58. The highest BCUT2D eigenvalue weighted by molar-refractivity contribution is 5.83. The normalized spacial score (nSPS) is 25.6. The van der Waals surface area contributed by atoms with E-state index in [1.165, 1.54) is 7.11 Å². The first-order valence-electron chi connectivity index (χ1n) is 8.13. The molecule has 0 bridgehead atoms. The molecule has 0 unspecified atom stereocenters. The zero-order valence-corrected chi connectivity index (χ0v) is 14.5. The van der Waals surface area contributed by atoms with Crippen molar-refractivity contribution in [3.63, 3.8) is 0 Å². The number of fused-ring (bicyclic) bond motifs is 3. The fourth-order valence-corrected chi connectivity index (χ4v) is 3.97. The van der Waals surface area contributed by atoms with Crippen LogP contribution in [0.15, 0.2) is 12.1 Å². The summed E-state index contributed by atoms with van der Waals surface area (Å²) in [6, 6.07) is 3.54. The van der Waals surface area contributed by atoms with Gasteiger partial charge >= 0.3 is 5.97 Å². The summed E-state index contributed by atoms with van der Waals surface area (Å²) in [5.41, 5.74) is 2.04. The molecule has 1 saturated heterocycles. The second kappa shape index (κ2) is 6.34. The molecule has 1 fully saturated rings. The first kappa shape index (κ1) is 16.6. The molecule has 3 atom stereocenters. The molecule has 2 heterocycles. The first-order valence-corrected chi connectivity index (χ1v) is 8.13. The monoisotopic (exact) mass is 333 g/mol. The summed E-state index contributed by atoms with van der Waals surface area (Å²) in [5, 5.41) is 0. The lowest BCUT2D eigenvalue weighted by Gasteiger charge is -2.46. The van der Waals surface area contributed by atoms with E-state index in [4.69, 9.17) is 14.2 Å². The number of methoxy groups -OCH3 is 3. The molecule has 6 heteroatoms. The molecule has 0 spiro atoms. The van der Waals surface area contributed by atoms with Crippen LogP contribution < -0.4 is 9.47 Å². The van der Waals surface area contributed by atoms with Crippen molar-refractivity contribution in [2.75, 3.05) is 27.9 Å². The molecule has 24 heavy (non-hydrogen) atoms. The number of benzene rings is 1. The lowest BCUT2D eigenvalue weighted by Crippen LogP contribution is -2.51. The summed E-state index contributed by atoms with van der Waals surface area (Å²) in [6.07, 6.45) is 1.11. The van der Waals surface area contributed by atoms with Crippen LogP contribution in [-0.4, -0.2) is 44.7 Å². The van der Waals surface area contributed by atoms with Gasteiger partial charge in [0.05, 0.1) is 33.3 Å². The van der Waals surface area contributed by atoms with E-state index in [0.717, 1.165) is 17.5 Å². The summed E-state index contributed by atoms with van der Waals surface area (Å²) < 4.78 is 15.8. The minimum absolute atomic E-state index is 0.0646. The molecule has 0 N–H and O–H groups in total. The van der Waals surface area contributed by atoms with Crippen LogP contribution in [0.25, 0.3) is 0 Å². The van der Waals surface area contributed by atoms with Crippen molar-refractivity contribution in [3.05, 3.63) is 23.3 Å². The van der Waals surface area contributed by atoms with Gasteiger partial charge in [-0.25, -0.2) is 0 Å². The van der Waals surface area contributed by atoms with Crippen LogP contribution in [0.3, 0.4) is 0 Å². The molecule has 0 saturated carbocycles. The minimum Gasteiger partial charge on any atom is -0.493 e. The molecule has 1 aromatic rings. The van der Waals surface area contributed by atoms with Gasteiger partial charge in [0.15, 0.2) is 11.5 Å². The van der Waals surface area contributed by atoms with E-state index in [0.29, 0.717) is 24.5 Å². The van der Waals surface area contributed by atoms with E-state index < -0.39 is 0 Å². The third-order valence-corrected chi connectivity index (χ3v) is 5.17. The van der Waals surface area contributed by atoms with Gasteiger partial charge in [0, 0.05) is 13.0 Å². The van der Waals surface area contributed by atoms with E-state index >= 15 is 0 Å². The van der Waals surface area contributed by atoms with Gasteiger partial charge < -0.3 is 19.1 Å². The molecule has 0 aromatic heterocycles.